The Labute approximate surface area is 202 Å². The molecule has 4 nitrogen and oxygen atoms in total. The quantitative estimate of drug-likeness (QED) is 0.451. The van der Waals surface area contributed by atoms with Crippen LogP contribution in [0.2, 0.25) is 0 Å². The molecule has 3 aromatic rings. The van der Waals surface area contributed by atoms with Crippen LogP contribution >= 0.6 is 0 Å². The molecule has 3 aromatic carbocycles. The van der Waals surface area contributed by atoms with Gasteiger partial charge in [0.15, 0.2) is 0 Å². The molecule has 2 atom stereocenters. The highest BCUT2D eigenvalue weighted by molar-refractivity contribution is 5.73. The smallest absolute Gasteiger partial charge is 0.219 e. The molecule has 0 bridgehead atoms. The molecule has 1 saturated heterocycles. The number of carbonyl (C=O) groups excluding carboxylic acids is 1. The number of likely N-dealkylation sites (tertiary alicyclic amines) is 1. The lowest BCUT2D eigenvalue weighted by Crippen LogP contribution is -2.35. The molecule has 1 aliphatic rings. The van der Waals surface area contributed by atoms with Gasteiger partial charge >= 0.3 is 0 Å². The van der Waals surface area contributed by atoms with E-state index in [4.69, 9.17) is 4.74 Å². The van der Waals surface area contributed by atoms with Gasteiger partial charge in [-0.25, -0.2) is 4.39 Å². The van der Waals surface area contributed by atoms with Crippen LogP contribution in [0.25, 0.3) is 0 Å². The zero-order chi connectivity index (χ0) is 24.1. The number of nitrogens with zero attached hydrogens (tertiary/aromatic N) is 2. The van der Waals surface area contributed by atoms with Crippen molar-refractivity contribution < 1.29 is 13.9 Å². The number of hydrogen-bond donors (Lipinski definition) is 0. The van der Waals surface area contributed by atoms with Gasteiger partial charge in [-0.3, -0.25) is 9.69 Å². The van der Waals surface area contributed by atoms with Gasteiger partial charge in [0, 0.05) is 45.6 Å². The molecule has 4 rings (SSSR count). The van der Waals surface area contributed by atoms with E-state index in [0.717, 1.165) is 30.9 Å². The minimum Gasteiger partial charge on any atom is -0.497 e. The Kier molecular flexibility index (Phi) is 7.63. The molecule has 178 valence electrons. The first-order valence-corrected chi connectivity index (χ1v) is 11.8. The summed E-state index contributed by atoms with van der Waals surface area (Å²) < 4.78 is 18.7. The Balaban J connectivity index is 1.54. The summed E-state index contributed by atoms with van der Waals surface area (Å²) in [4.78, 5) is 16.9. The van der Waals surface area contributed by atoms with Gasteiger partial charge < -0.3 is 9.64 Å². The molecule has 0 N–H and O–H groups in total. The molecular formula is C29H33FN2O2. The number of amides is 1. The maximum atomic E-state index is 13.4. The molecule has 1 aliphatic heterocycles. The van der Waals surface area contributed by atoms with Crippen LogP contribution in [-0.2, 0) is 17.9 Å². The summed E-state index contributed by atoms with van der Waals surface area (Å²) in [5.41, 5.74) is 4.78. The lowest BCUT2D eigenvalue weighted by Gasteiger charge is -2.28. The van der Waals surface area contributed by atoms with E-state index in [0.29, 0.717) is 24.9 Å². The molecule has 0 unspecified atom stereocenters. The van der Waals surface area contributed by atoms with E-state index < -0.39 is 0 Å². The monoisotopic (exact) mass is 460 g/mol. The Morgan fingerprint density at radius 3 is 2.41 bits per heavy atom. The number of methoxy groups -OCH3 is 1. The van der Waals surface area contributed by atoms with Crippen LogP contribution in [0.5, 0.6) is 5.75 Å². The molecule has 0 radical (unpaired) electrons. The number of rotatable bonds is 8. The highest BCUT2D eigenvalue weighted by Gasteiger charge is 2.35. The molecule has 0 spiro atoms. The highest BCUT2D eigenvalue weighted by Crippen LogP contribution is 2.35. The van der Waals surface area contributed by atoms with E-state index in [9.17, 15) is 9.18 Å². The van der Waals surface area contributed by atoms with Crippen molar-refractivity contribution in [2.24, 2.45) is 5.92 Å². The van der Waals surface area contributed by atoms with Gasteiger partial charge in [0.2, 0.25) is 5.91 Å². The van der Waals surface area contributed by atoms with Crippen molar-refractivity contribution in [1.82, 2.24) is 9.80 Å². The van der Waals surface area contributed by atoms with Crippen LogP contribution in [0.4, 0.5) is 4.39 Å². The number of carbonyl (C=O) groups is 1. The number of hydrogen-bond acceptors (Lipinski definition) is 3. The summed E-state index contributed by atoms with van der Waals surface area (Å²) >= 11 is 0. The first-order chi connectivity index (χ1) is 16.4. The molecule has 0 aromatic heterocycles. The fourth-order valence-electron chi connectivity index (χ4n) is 4.97. The lowest BCUT2D eigenvalue weighted by molar-refractivity contribution is -0.130. The van der Waals surface area contributed by atoms with Gasteiger partial charge in [-0.05, 0) is 53.8 Å². The summed E-state index contributed by atoms with van der Waals surface area (Å²) in [6, 6.07) is 23.4. The lowest BCUT2D eigenvalue weighted by atomic mass is 9.88. The van der Waals surface area contributed by atoms with Crippen molar-refractivity contribution in [3.63, 3.8) is 0 Å². The predicted molar refractivity (Wildman–Crippen MR) is 133 cm³/mol. The first-order valence-electron chi connectivity index (χ1n) is 11.8. The molecule has 1 amide bonds. The standard InChI is InChI=1S/C29H33FN2O2/c1-21-5-4-6-24(15-21)16-31-18-26(29(20-31)25-9-13-28(34-3)14-10-25)19-32(22(2)33)17-23-7-11-27(30)12-8-23/h4-15,26,29H,16-20H2,1-3H3/t26-,29-/m1/s1. The van der Waals surface area contributed by atoms with Gasteiger partial charge in [-0.2, -0.15) is 0 Å². The second kappa shape index (κ2) is 10.8. The van der Waals surface area contributed by atoms with Crippen LogP contribution in [0.1, 0.15) is 35.1 Å². The Morgan fingerprint density at radius 2 is 1.76 bits per heavy atom. The van der Waals surface area contributed by atoms with E-state index >= 15 is 0 Å². The van der Waals surface area contributed by atoms with E-state index in [1.807, 2.05) is 17.0 Å². The highest BCUT2D eigenvalue weighted by atomic mass is 19.1. The largest absolute Gasteiger partial charge is 0.497 e. The second-order valence-corrected chi connectivity index (χ2v) is 9.35. The molecule has 1 heterocycles. The number of benzene rings is 3. The van der Waals surface area contributed by atoms with Crippen molar-refractivity contribution in [3.8, 4) is 5.75 Å². The minimum absolute atomic E-state index is 0.0370. The van der Waals surface area contributed by atoms with Crippen LogP contribution in [0, 0.1) is 18.7 Å². The van der Waals surface area contributed by atoms with Gasteiger partial charge in [-0.1, -0.05) is 54.1 Å². The van der Waals surface area contributed by atoms with E-state index in [2.05, 4.69) is 48.2 Å². The molecule has 5 heteroatoms. The summed E-state index contributed by atoms with van der Waals surface area (Å²) in [5, 5.41) is 0. The van der Waals surface area contributed by atoms with Gasteiger partial charge in [0.05, 0.1) is 7.11 Å². The van der Waals surface area contributed by atoms with Crippen molar-refractivity contribution in [2.75, 3.05) is 26.7 Å². The summed E-state index contributed by atoms with van der Waals surface area (Å²) in [6.45, 7) is 7.63. The third-order valence-corrected chi connectivity index (χ3v) is 6.74. The fraction of sp³-hybridized carbons (Fsp3) is 0.345. The van der Waals surface area contributed by atoms with Crippen molar-refractivity contribution in [3.05, 3.63) is 101 Å². The molecule has 0 aliphatic carbocycles. The van der Waals surface area contributed by atoms with Gasteiger partial charge in [0.25, 0.3) is 0 Å². The molecule has 0 saturated carbocycles. The van der Waals surface area contributed by atoms with Crippen molar-refractivity contribution in [2.45, 2.75) is 32.9 Å². The van der Waals surface area contributed by atoms with E-state index in [1.54, 1.807) is 26.2 Å². The third kappa shape index (κ3) is 6.03. The summed E-state index contributed by atoms with van der Waals surface area (Å²) in [6.07, 6.45) is 0. The van der Waals surface area contributed by atoms with Crippen LogP contribution in [0.15, 0.2) is 72.8 Å². The average Bonchev–Trinajstić information content (AvgIpc) is 3.22. The fourth-order valence-corrected chi connectivity index (χ4v) is 4.97. The maximum absolute atomic E-state index is 13.4. The van der Waals surface area contributed by atoms with E-state index in [-0.39, 0.29) is 11.7 Å². The van der Waals surface area contributed by atoms with Crippen LogP contribution in [-0.4, -0.2) is 42.5 Å². The zero-order valence-electron chi connectivity index (χ0n) is 20.2. The van der Waals surface area contributed by atoms with Crippen molar-refractivity contribution >= 4 is 5.91 Å². The van der Waals surface area contributed by atoms with E-state index in [1.165, 1.54) is 28.8 Å². The Bertz CT molecular complexity index is 1100. The summed E-state index contributed by atoms with van der Waals surface area (Å²) in [7, 11) is 1.68. The van der Waals surface area contributed by atoms with Crippen LogP contribution in [0.3, 0.4) is 0 Å². The van der Waals surface area contributed by atoms with Crippen molar-refractivity contribution in [1.29, 1.82) is 0 Å². The predicted octanol–water partition coefficient (Wildman–Crippen LogP) is 5.41. The number of ether oxygens (including phenoxy) is 1. The average molecular weight is 461 g/mol. The molecular weight excluding hydrogens is 427 g/mol. The topological polar surface area (TPSA) is 32.8 Å². The Hall–Kier alpha value is -3.18. The molecule has 34 heavy (non-hydrogen) atoms. The number of aryl methyl sites for hydroxylation is 1. The SMILES string of the molecule is COc1ccc([C@H]2CN(Cc3cccc(C)c3)C[C@@H]2CN(Cc2ccc(F)cc2)C(C)=O)cc1. The first kappa shape index (κ1) is 24.0. The number of halogens is 1. The van der Waals surface area contributed by atoms with Gasteiger partial charge in [0.1, 0.15) is 11.6 Å². The van der Waals surface area contributed by atoms with Crippen LogP contribution < -0.4 is 4.74 Å². The maximum Gasteiger partial charge on any atom is 0.219 e. The second-order valence-electron chi connectivity index (χ2n) is 9.35. The normalized spacial score (nSPS) is 18.1. The Morgan fingerprint density at radius 1 is 1.03 bits per heavy atom. The summed E-state index contributed by atoms with van der Waals surface area (Å²) in [5.74, 6) is 1.22. The zero-order valence-corrected chi connectivity index (χ0v) is 20.2. The third-order valence-electron chi connectivity index (χ3n) is 6.74. The van der Waals surface area contributed by atoms with Gasteiger partial charge in [-0.15, -0.1) is 0 Å². The minimum atomic E-state index is -0.264. The molecule has 1 fully saturated rings.